The van der Waals surface area contributed by atoms with Crippen LogP contribution in [0.15, 0.2) is 18.3 Å². The topological polar surface area (TPSA) is 123 Å². The minimum absolute atomic E-state index is 0.103. The average molecular weight is 416 g/mol. The summed E-state index contributed by atoms with van der Waals surface area (Å²) in [6.07, 6.45) is 13.6. The zero-order valence-corrected chi connectivity index (χ0v) is 17.9. The Morgan fingerprint density at radius 1 is 1.00 bits per heavy atom. The van der Waals surface area contributed by atoms with Gasteiger partial charge in [-0.25, -0.2) is 4.98 Å². The number of hydrogen-bond donors (Lipinski definition) is 4. The van der Waals surface area contributed by atoms with Crippen LogP contribution < -0.4 is 22.1 Å². The summed E-state index contributed by atoms with van der Waals surface area (Å²) in [5.74, 6) is 1.21. The lowest BCUT2D eigenvalue weighted by Gasteiger charge is -2.42. The molecule has 0 saturated heterocycles. The number of nitrogens with zero attached hydrogens (tertiary/aromatic N) is 1. The standard InChI is InChI=1S/C23H37N5O2/c24-13-20(29)28-22(23(30)27-15-16-11-12-19(25)26-14-16)21(17-7-3-1-4-8-17)18-9-5-2-6-10-18/h11-12,14,17-18,21-22H,1-10,13,15,24H2,(H2,25,26)(H,27,30)(H,28,29). The maximum Gasteiger partial charge on any atom is 0.243 e. The molecule has 0 bridgehead atoms. The summed E-state index contributed by atoms with van der Waals surface area (Å²) in [6.45, 7) is 0.261. The van der Waals surface area contributed by atoms with E-state index in [9.17, 15) is 9.59 Å². The van der Waals surface area contributed by atoms with Gasteiger partial charge in [0.1, 0.15) is 11.9 Å². The van der Waals surface area contributed by atoms with Crippen LogP contribution in [0.3, 0.4) is 0 Å². The third-order valence-electron chi connectivity index (χ3n) is 6.87. The molecule has 2 fully saturated rings. The van der Waals surface area contributed by atoms with Crippen LogP contribution in [0.25, 0.3) is 0 Å². The van der Waals surface area contributed by atoms with Gasteiger partial charge in [-0.3, -0.25) is 9.59 Å². The van der Waals surface area contributed by atoms with Gasteiger partial charge in [-0.05, 0) is 29.4 Å². The Bertz CT molecular complexity index is 663. The fraction of sp³-hybridized carbons (Fsp3) is 0.696. The molecule has 2 aliphatic carbocycles. The second-order valence-electron chi connectivity index (χ2n) is 8.93. The van der Waals surface area contributed by atoms with E-state index in [0.717, 1.165) is 31.2 Å². The predicted octanol–water partition coefficient (Wildman–Crippen LogP) is 2.50. The normalized spacial score (nSPS) is 19.4. The number of pyridine rings is 1. The number of carbonyl (C=O) groups is 2. The Kier molecular flexibility index (Phi) is 8.49. The molecule has 166 valence electrons. The highest BCUT2D eigenvalue weighted by atomic mass is 16.2. The summed E-state index contributed by atoms with van der Waals surface area (Å²) in [7, 11) is 0. The van der Waals surface area contributed by atoms with E-state index in [1.54, 1.807) is 12.3 Å². The molecule has 2 saturated carbocycles. The first-order valence-corrected chi connectivity index (χ1v) is 11.6. The lowest BCUT2D eigenvalue weighted by Crippen LogP contribution is -2.55. The van der Waals surface area contributed by atoms with E-state index in [4.69, 9.17) is 11.5 Å². The van der Waals surface area contributed by atoms with Gasteiger partial charge in [0.05, 0.1) is 6.54 Å². The lowest BCUT2D eigenvalue weighted by molar-refractivity contribution is -0.131. The van der Waals surface area contributed by atoms with E-state index >= 15 is 0 Å². The number of carbonyl (C=O) groups excluding carboxylic acids is 2. The molecule has 0 radical (unpaired) electrons. The van der Waals surface area contributed by atoms with Crippen molar-refractivity contribution < 1.29 is 9.59 Å². The highest BCUT2D eigenvalue weighted by Gasteiger charge is 2.40. The largest absolute Gasteiger partial charge is 0.384 e. The number of nitrogens with two attached hydrogens (primary N) is 2. The molecule has 1 aromatic rings. The smallest absolute Gasteiger partial charge is 0.243 e. The zero-order valence-electron chi connectivity index (χ0n) is 17.9. The highest BCUT2D eigenvalue weighted by molar-refractivity contribution is 5.88. The molecule has 0 spiro atoms. The van der Waals surface area contributed by atoms with Gasteiger partial charge in [-0.15, -0.1) is 0 Å². The molecule has 3 rings (SSSR count). The number of anilines is 1. The van der Waals surface area contributed by atoms with Crippen molar-refractivity contribution in [2.75, 3.05) is 12.3 Å². The number of nitrogen functional groups attached to an aromatic ring is 1. The van der Waals surface area contributed by atoms with Crippen molar-refractivity contribution in [1.82, 2.24) is 15.6 Å². The number of rotatable bonds is 8. The molecule has 2 aliphatic rings. The summed E-state index contributed by atoms with van der Waals surface area (Å²) >= 11 is 0. The van der Waals surface area contributed by atoms with Crippen molar-refractivity contribution in [3.8, 4) is 0 Å². The van der Waals surface area contributed by atoms with Crippen molar-refractivity contribution in [2.24, 2.45) is 23.5 Å². The Hall–Kier alpha value is -2.15. The van der Waals surface area contributed by atoms with Crippen LogP contribution in [0.5, 0.6) is 0 Å². The molecule has 1 heterocycles. The van der Waals surface area contributed by atoms with Crippen LogP contribution in [-0.2, 0) is 16.1 Å². The minimum Gasteiger partial charge on any atom is -0.384 e. The first kappa shape index (κ1) is 22.5. The first-order chi connectivity index (χ1) is 14.6. The summed E-state index contributed by atoms with van der Waals surface area (Å²) < 4.78 is 0. The van der Waals surface area contributed by atoms with Crippen LogP contribution in [-0.4, -0.2) is 29.4 Å². The summed E-state index contributed by atoms with van der Waals surface area (Å²) in [4.78, 5) is 29.7. The van der Waals surface area contributed by atoms with Gasteiger partial charge < -0.3 is 22.1 Å². The van der Waals surface area contributed by atoms with Gasteiger partial charge in [-0.2, -0.15) is 0 Å². The van der Waals surface area contributed by atoms with E-state index in [-0.39, 0.29) is 24.3 Å². The van der Waals surface area contributed by atoms with Crippen LogP contribution >= 0.6 is 0 Å². The number of hydrogen-bond acceptors (Lipinski definition) is 5. The van der Waals surface area contributed by atoms with Gasteiger partial charge in [0, 0.05) is 12.7 Å². The van der Waals surface area contributed by atoms with Gasteiger partial charge in [0.2, 0.25) is 11.8 Å². The van der Waals surface area contributed by atoms with E-state index in [2.05, 4.69) is 15.6 Å². The van der Waals surface area contributed by atoms with E-state index in [1.165, 1.54) is 38.5 Å². The van der Waals surface area contributed by atoms with Gasteiger partial charge in [0.25, 0.3) is 0 Å². The molecule has 7 nitrogen and oxygen atoms in total. The monoisotopic (exact) mass is 415 g/mol. The molecular weight excluding hydrogens is 378 g/mol. The zero-order chi connectivity index (χ0) is 21.3. The molecule has 0 aromatic carbocycles. The third kappa shape index (κ3) is 6.17. The highest BCUT2D eigenvalue weighted by Crippen LogP contribution is 2.41. The summed E-state index contributed by atoms with van der Waals surface area (Å²) in [5, 5.41) is 6.03. The van der Waals surface area contributed by atoms with Crippen molar-refractivity contribution in [3.05, 3.63) is 23.9 Å². The van der Waals surface area contributed by atoms with E-state index in [0.29, 0.717) is 24.2 Å². The molecule has 2 amide bonds. The van der Waals surface area contributed by atoms with Crippen LogP contribution in [0, 0.1) is 17.8 Å². The van der Waals surface area contributed by atoms with Crippen molar-refractivity contribution >= 4 is 17.6 Å². The Morgan fingerprint density at radius 2 is 1.60 bits per heavy atom. The van der Waals surface area contributed by atoms with E-state index < -0.39 is 6.04 Å². The fourth-order valence-corrected chi connectivity index (χ4v) is 5.38. The quantitative estimate of drug-likeness (QED) is 0.519. The van der Waals surface area contributed by atoms with Gasteiger partial charge in [0.15, 0.2) is 0 Å². The number of amides is 2. The second-order valence-corrected chi connectivity index (χ2v) is 8.93. The molecule has 1 aromatic heterocycles. The number of aromatic nitrogens is 1. The molecular formula is C23H37N5O2. The lowest BCUT2D eigenvalue weighted by atomic mass is 9.66. The van der Waals surface area contributed by atoms with Crippen molar-refractivity contribution in [3.63, 3.8) is 0 Å². The number of nitrogens with one attached hydrogen (secondary N) is 2. The van der Waals surface area contributed by atoms with Crippen molar-refractivity contribution in [2.45, 2.75) is 76.8 Å². The van der Waals surface area contributed by atoms with Crippen LogP contribution in [0.2, 0.25) is 0 Å². The molecule has 6 N–H and O–H groups in total. The first-order valence-electron chi connectivity index (χ1n) is 11.6. The van der Waals surface area contributed by atoms with Crippen LogP contribution in [0.1, 0.15) is 69.8 Å². The molecule has 0 aliphatic heterocycles. The molecule has 30 heavy (non-hydrogen) atoms. The minimum atomic E-state index is -0.533. The van der Waals surface area contributed by atoms with Gasteiger partial charge >= 0.3 is 0 Å². The second kappa shape index (κ2) is 11.3. The van der Waals surface area contributed by atoms with Crippen LogP contribution in [0.4, 0.5) is 5.82 Å². The summed E-state index contributed by atoms with van der Waals surface area (Å²) in [6, 6.07) is 3.05. The Balaban J connectivity index is 1.78. The Labute approximate surface area is 179 Å². The molecule has 1 atom stereocenters. The molecule has 7 heteroatoms. The predicted molar refractivity (Wildman–Crippen MR) is 118 cm³/mol. The average Bonchev–Trinajstić information content (AvgIpc) is 2.79. The van der Waals surface area contributed by atoms with Crippen molar-refractivity contribution in [1.29, 1.82) is 0 Å². The maximum atomic E-state index is 13.3. The summed E-state index contributed by atoms with van der Waals surface area (Å²) in [5.41, 5.74) is 12.1. The fourth-order valence-electron chi connectivity index (χ4n) is 5.38. The molecule has 1 unspecified atom stereocenters. The third-order valence-corrected chi connectivity index (χ3v) is 6.87. The van der Waals surface area contributed by atoms with Gasteiger partial charge in [-0.1, -0.05) is 70.3 Å². The maximum absolute atomic E-state index is 13.3. The van der Waals surface area contributed by atoms with E-state index in [1.807, 2.05) is 6.07 Å². The Morgan fingerprint density at radius 3 is 2.10 bits per heavy atom. The SMILES string of the molecule is NCC(=O)NC(C(=O)NCc1ccc(N)nc1)C(C1CCCCC1)C1CCCCC1.